The van der Waals surface area contributed by atoms with Gasteiger partial charge in [0.15, 0.2) is 17.6 Å². The average Bonchev–Trinajstić information content (AvgIpc) is 2.89. The molecule has 1 N–H and O–H groups in total. The van der Waals surface area contributed by atoms with Crippen molar-refractivity contribution in [2.45, 2.75) is 39.2 Å². The van der Waals surface area contributed by atoms with Crippen LogP contribution in [0.5, 0.6) is 17.2 Å². The Bertz CT molecular complexity index is 1110. The monoisotopic (exact) mass is 493 g/mol. The van der Waals surface area contributed by atoms with E-state index in [0.717, 1.165) is 25.2 Å². The first-order valence-corrected chi connectivity index (χ1v) is 12.6. The zero-order valence-corrected chi connectivity index (χ0v) is 21.3. The van der Waals surface area contributed by atoms with Gasteiger partial charge < -0.3 is 29.3 Å². The van der Waals surface area contributed by atoms with Gasteiger partial charge in [0.25, 0.3) is 5.91 Å². The van der Waals surface area contributed by atoms with Crippen molar-refractivity contribution in [2.75, 3.05) is 50.1 Å². The van der Waals surface area contributed by atoms with Crippen molar-refractivity contribution >= 4 is 29.3 Å². The molecule has 0 aliphatic carbocycles. The smallest absolute Gasteiger partial charge is 0.267 e. The van der Waals surface area contributed by atoms with E-state index in [9.17, 15) is 9.59 Å². The van der Waals surface area contributed by atoms with Crippen LogP contribution in [0.25, 0.3) is 6.08 Å². The Morgan fingerprint density at radius 1 is 1.11 bits per heavy atom. The fraction of sp³-hybridized carbons (Fsp3) is 0.429. The summed E-state index contributed by atoms with van der Waals surface area (Å²) >= 11 is 0. The van der Waals surface area contributed by atoms with Gasteiger partial charge >= 0.3 is 0 Å². The third-order valence-corrected chi connectivity index (χ3v) is 6.44. The first-order chi connectivity index (χ1) is 17.5. The highest BCUT2D eigenvalue weighted by Gasteiger charge is 2.32. The zero-order chi connectivity index (χ0) is 25.5. The summed E-state index contributed by atoms with van der Waals surface area (Å²) in [6, 6.07) is 10.9. The van der Waals surface area contributed by atoms with Crippen LogP contribution < -0.4 is 24.4 Å². The maximum atomic E-state index is 12.9. The fourth-order valence-corrected chi connectivity index (χ4v) is 4.56. The lowest BCUT2D eigenvalue weighted by Gasteiger charge is -2.35. The number of carbonyl (C=O) groups excluding carboxylic acids is 2. The van der Waals surface area contributed by atoms with Gasteiger partial charge in [0.05, 0.1) is 19.4 Å². The molecule has 0 bridgehead atoms. The highest BCUT2D eigenvalue weighted by molar-refractivity contribution is 6.04. The lowest BCUT2D eigenvalue weighted by Crippen LogP contribution is -2.48. The van der Waals surface area contributed by atoms with Crippen LogP contribution in [0.15, 0.2) is 42.5 Å². The molecule has 0 spiro atoms. The second-order valence-corrected chi connectivity index (χ2v) is 9.00. The van der Waals surface area contributed by atoms with Crippen LogP contribution in [0.3, 0.4) is 0 Å². The van der Waals surface area contributed by atoms with Crippen molar-refractivity contribution in [3.8, 4) is 17.2 Å². The van der Waals surface area contributed by atoms with Crippen LogP contribution in [-0.4, -0.2) is 62.7 Å². The Balaban J connectivity index is 1.44. The van der Waals surface area contributed by atoms with Gasteiger partial charge in [-0.1, -0.05) is 12.5 Å². The van der Waals surface area contributed by atoms with Crippen molar-refractivity contribution < 1.29 is 23.8 Å². The van der Waals surface area contributed by atoms with E-state index in [-0.39, 0.29) is 11.8 Å². The summed E-state index contributed by atoms with van der Waals surface area (Å²) in [4.78, 5) is 29.8. The van der Waals surface area contributed by atoms with Gasteiger partial charge in [-0.05, 0) is 81.7 Å². The molecule has 36 heavy (non-hydrogen) atoms. The number of rotatable bonds is 9. The van der Waals surface area contributed by atoms with Crippen molar-refractivity contribution in [3.63, 3.8) is 0 Å². The number of hydrogen-bond donors (Lipinski definition) is 1. The molecular formula is C28H35N3O5. The summed E-state index contributed by atoms with van der Waals surface area (Å²) in [5.41, 5.74) is 2.10. The van der Waals surface area contributed by atoms with Crippen molar-refractivity contribution in [2.24, 2.45) is 0 Å². The Morgan fingerprint density at radius 2 is 1.92 bits per heavy atom. The summed E-state index contributed by atoms with van der Waals surface area (Å²) in [6.07, 6.45) is 6.33. The molecule has 2 heterocycles. The lowest BCUT2D eigenvalue weighted by molar-refractivity contribution is -0.125. The Morgan fingerprint density at radius 3 is 2.67 bits per heavy atom. The molecule has 4 rings (SSSR count). The van der Waals surface area contributed by atoms with Crippen molar-refractivity contribution in [1.82, 2.24) is 4.90 Å². The molecule has 1 atom stereocenters. The van der Waals surface area contributed by atoms with Crippen LogP contribution in [0.4, 0.5) is 11.4 Å². The van der Waals surface area contributed by atoms with Gasteiger partial charge in [-0.2, -0.15) is 0 Å². The molecule has 2 aromatic rings. The predicted octanol–water partition coefficient (Wildman–Crippen LogP) is 4.35. The molecule has 0 aromatic heterocycles. The Hall–Kier alpha value is -3.52. The number of nitrogens with zero attached hydrogens (tertiary/aromatic N) is 2. The number of hydrogen-bond acceptors (Lipinski definition) is 6. The molecule has 192 valence electrons. The third kappa shape index (κ3) is 6.18. The minimum absolute atomic E-state index is 0.0627. The van der Waals surface area contributed by atoms with Crippen LogP contribution in [0.2, 0.25) is 0 Å². The van der Waals surface area contributed by atoms with E-state index in [1.54, 1.807) is 37.1 Å². The molecule has 1 unspecified atom stereocenters. The largest absolute Gasteiger partial charge is 0.493 e. The summed E-state index contributed by atoms with van der Waals surface area (Å²) in [5.74, 6) is 1.58. The van der Waals surface area contributed by atoms with E-state index in [1.165, 1.54) is 25.3 Å². The number of carbonyl (C=O) groups is 2. The lowest BCUT2D eigenvalue weighted by atomic mass is 10.1. The molecular weight excluding hydrogens is 458 g/mol. The Labute approximate surface area is 212 Å². The van der Waals surface area contributed by atoms with E-state index < -0.39 is 6.10 Å². The van der Waals surface area contributed by atoms with Gasteiger partial charge in [0, 0.05) is 24.9 Å². The highest BCUT2D eigenvalue weighted by Crippen LogP contribution is 2.36. The Kier molecular flexibility index (Phi) is 8.48. The standard InChI is InChI=1S/C28H35N3O5/c1-4-35-25-11-8-21(18-26(25)34-3)9-13-27(32)29-22-10-12-24-23(19-22)31(28(33)20(2)36-24)17-16-30-14-6-5-7-15-30/h8-13,18-20H,4-7,14-17H2,1-3H3,(H,29,32)/b13-9+. The fourth-order valence-electron chi connectivity index (χ4n) is 4.56. The van der Waals surface area contributed by atoms with E-state index in [4.69, 9.17) is 14.2 Å². The molecule has 8 heteroatoms. The SMILES string of the molecule is CCOc1ccc(/C=C/C(=O)Nc2ccc3c(c2)N(CCN2CCCCC2)C(=O)C(C)O3)cc1OC. The number of nitrogens with one attached hydrogen (secondary N) is 1. The number of likely N-dealkylation sites (tertiary alicyclic amines) is 1. The predicted molar refractivity (Wildman–Crippen MR) is 141 cm³/mol. The summed E-state index contributed by atoms with van der Waals surface area (Å²) in [7, 11) is 1.58. The molecule has 2 aliphatic heterocycles. The van der Waals surface area contributed by atoms with Crippen LogP contribution in [0.1, 0.15) is 38.7 Å². The summed E-state index contributed by atoms with van der Waals surface area (Å²) in [6.45, 7) is 7.79. The second-order valence-electron chi connectivity index (χ2n) is 9.00. The highest BCUT2D eigenvalue weighted by atomic mass is 16.5. The number of benzene rings is 2. The first kappa shape index (κ1) is 25.6. The van der Waals surface area contributed by atoms with E-state index >= 15 is 0 Å². The topological polar surface area (TPSA) is 80.3 Å². The minimum atomic E-state index is -0.534. The number of amides is 2. The number of piperidine rings is 1. The van der Waals surface area contributed by atoms with Gasteiger partial charge in [-0.25, -0.2) is 0 Å². The molecule has 2 amide bonds. The summed E-state index contributed by atoms with van der Waals surface area (Å²) in [5, 5.41) is 2.89. The maximum Gasteiger partial charge on any atom is 0.267 e. The second kappa shape index (κ2) is 11.9. The molecule has 0 saturated carbocycles. The maximum absolute atomic E-state index is 12.9. The summed E-state index contributed by atoms with van der Waals surface area (Å²) < 4.78 is 16.7. The van der Waals surface area contributed by atoms with Crippen LogP contribution in [-0.2, 0) is 9.59 Å². The molecule has 0 radical (unpaired) electrons. The van der Waals surface area contributed by atoms with Crippen molar-refractivity contribution in [1.29, 1.82) is 0 Å². The van der Waals surface area contributed by atoms with E-state index in [2.05, 4.69) is 10.2 Å². The molecule has 2 aromatic carbocycles. The van der Waals surface area contributed by atoms with Crippen LogP contribution >= 0.6 is 0 Å². The third-order valence-electron chi connectivity index (χ3n) is 6.44. The quantitative estimate of drug-likeness (QED) is 0.524. The van der Waals surface area contributed by atoms with Gasteiger partial charge in [-0.3, -0.25) is 9.59 Å². The normalized spacial score (nSPS) is 18.0. The van der Waals surface area contributed by atoms with E-state index in [1.807, 2.05) is 31.2 Å². The van der Waals surface area contributed by atoms with Crippen LogP contribution in [0, 0.1) is 0 Å². The molecule has 1 saturated heterocycles. The molecule has 8 nitrogen and oxygen atoms in total. The van der Waals surface area contributed by atoms with Gasteiger partial charge in [0.2, 0.25) is 5.91 Å². The number of ether oxygens (including phenoxy) is 3. The number of anilines is 2. The van der Waals surface area contributed by atoms with Crippen molar-refractivity contribution in [3.05, 3.63) is 48.0 Å². The zero-order valence-electron chi connectivity index (χ0n) is 21.3. The molecule has 2 aliphatic rings. The minimum Gasteiger partial charge on any atom is -0.493 e. The number of methoxy groups -OCH3 is 1. The molecule has 1 fully saturated rings. The average molecular weight is 494 g/mol. The first-order valence-electron chi connectivity index (χ1n) is 12.6. The number of fused-ring (bicyclic) bond motifs is 1. The van der Waals surface area contributed by atoms with Gasteiger partial charge in [-0.15, -0.1) is 0 Å². The van der Waals surface area contributed by atoms with Gasteiger partial charge in [0.1, 0.15) is 5.75 Å². The van der Waals surface area contributed by atoms with E-state index in [0.29, 0.717) is 41.8 Å².